The second-order valence-electron chi connectivity index (χ2n) is 7.04. The van der Waals surface area contributed by atoms with E-state index in [-0.39, 0.29) is 23.4 Å². The zero-order valence-electron chi connectivity index (χ0n) is 14.0. The minimum absolute atomic E-state index is 0.0594. The zero-order chi connectivity index (χ0) is 16.9. The Balaban J connectivity index is 1.76. The summed E-state index contributed by atoms with van der Waals surface area (Å²) in [7, 11) is 0. The van der Waals surface area contributed by atoms with Crippen LogP contribution < -0.4 is 10.6 Å². The molecule has 1 aromatic heterocycles. The van der Waals surface area contributed by atoms with E-state index >= 15 is 0 Å². The van der Waals surface area contributed by atoms with Crippen molar-refractivity contribution in [1.29, 1.82) is 0 Å². The number of nitrogens with one attached hydrogen (secondary N) is 2. The lowest BCUT2D eigenvalue weighted by atomic mass is 9.97. The molecule has 3 amide bonds. The molecule has 7 nitrogen and oxygen atoms in total. The van der Waals surface area contributed by atoms with Gasteiger partial charge < -0.3 is 15.5 Å². The smallest absolute Gasteiger partial charge is 0.315 e. The van der Waals surface area contributed by atoms with E-state index in [1.165, 1.54) is 12.4 Å². The van der Waals surface area contributed by atoms with Crippen LogP contribution in [0.5, 0.6) is 0 Å². The largest absolute Gasteiger partial charge is 0.338 e. The van der Waals surface area contributed by atoms with Gasteiger partial charge in [-0.05, 0) is 18.3 Å². The van der Waals surface area contributed by atoms with Gasteiger partial charge in [0.1, 0.15) is 5.69 Å². The monoisotopic (exact) mass is 319 g/mol. The summed E-state index contributed by atoms with van der Waals surface area (Å²) >= 11 is 0. The maximum Gasteiger partial charge on any atom is 0.315 e. The van der Waals surface area contributed by atoms with Gasteiger partial charge in [-0.2, -0.15) is 0 Å². The highest BCUT2D eigenvalue weighted by Crippen LogP contribution is 2.13. The van der Waals surface area contributed by atoms with Crippen molar-refractivity contribution in [2.45, 2.75) is 39.7 Å². The van der Waals surface area contributed by atoms with Gasteiger partial charge in [0.25, 0.3) is 5.91 Å². The number of hydrogen-bond acceptors (Lipinski definition) is 4. The van der Waals surface area contributed by atoms with Crippen LogP contribution >= 0.6 is 0 Å². The molecule has 1 aliphatic rings. The third-order valence-corrected chi connectivity index (χ3v) is 3.68. The minimum atomic E-state index is -0.140. The molecule has 2 heterocycles. The van der Waals surface area contributed by atoms with Gasteiger partial charge >= 0.3 is 6.03 Å². The van der Waals surface area contributed by atoms with E-state index in [2.05, 4.69) is 41.4 Å². The van der Waals surface area contributed by atoms with Gasteiger partial charge in [-0.15, -0.1) is 0 Å². The lowest BCUT2D eigenvalue weighted by Gasteiger charge is -2.32. The molecular weight excluding hydrogens is 294 g/mol. The molecule has 126 valence electrons. The number of likely N-dealkylation sites (tertiary alicyclic amines) is 1. The summed E-state index contributed by atoms with van der Waals surface area (Å²) in [5, 5.41) is 5.86. The number of rotatable bonds is 3. The maximum atomic E-state index is 12.3. The summed E-state index contributed by atoms with van der Waals surface area (Å²) in [6, 6.07) is -0.0421. The molecule has 1 aromatic rings. The highest BCUT2D eigenvalue weighted by atomic mass is 16.2. The van der Waals surface area contributed by atoms with Crippen LogP contribution in [-0.4, -0.2) is 52.5 Å². The number of carbonyl (C=O) groups excluding carboxylic acids is 2. The normalized spacial score (nSPS) is 16.0. The van der Waals surface area contributed by atoms with E-state index in [1.807, 2.05) is 0 Å². The van der Waals surface area contributed by atoms with Gasteiger partial charge in [0.2, 0.25) is 0 Å². The quantitative estimate of drug-likeness (QED) is 0.882. The first-order valence-electron chi connectivity index (χ1n) is 7.95. The van der Waals surface area contributed by atoms with Crippen molar-refractivity contribution >= 4 is 11.9 Å². The SMILES string of the molecule is CC(C)(C)CNC(=O)NC1CCN(C(=O)c2cnccn2)CC1. The number of amides is 3. The average molecular weight is 319 g/mol. The molecule has 0 radical (unpaired) electrons. The summed E-state index contributed by atoms with van der Waals surface area (Å²) in [6.45, 7) is 8.07. The fraction of sp³-hybridized carbons (Fsp3) is 0.625. The number of hydrogen-bond donors (Lipinski definition) is 2. The van der Waals surface area contributed by atoms with Crippen LogP contribution in [0.25, 0.3) is 0 Å². The Morgan fingerprint density at radius 3 is 2.52 bits per heavy atom. The highest BCUT2D eigenvalue weighted by molar-refractivity contribution is 5.92. The molecule has 7 heteroatoms. The van der Waals surface area contributed by atoms with Crippen LogP contribution in [0.3, 0.4) is 0 Å². The number of nitrogens with zero attached hydrogens (tertiary/aromatic N) is 3. The first-order valence-corrected chi connectivity index (χ1v) is 7.95. The fourth-order valence-electron chi connectivity index (χ4n) is 2.38. The van der Waals surface area contributed by atoms with Crippen molar-refractivity contribution in [3.8, 4) is 0 Å². The Morgan fingerprint density at radius 2 is 1.96 bits per heavy atom. The number of urea groups is 1. The van der Waals surface area contributed by atoms with Gasteiger partial charge in [-0.3, -0.25) is 9.78 Å². The van der Waals surface area contributed by atoms with E-state index in [1.54, 1.807) is 11.1 Å². The molecule has 1 saturated heterocycles. The van der Waals surface area contributed by atoms with Gasteiger partial charge in [-0.25, -0.2) is 9.78 Å². The molecular formula is C16H25N5O2. The summed E-state index contributed by atoms with van der Waals surface area (Å²) < 4.78 is 0. The van der Waals surface area contributed by atoms with Crippen molar-refractivity contribution in [3.63, 3.8) is 0 Å². The van der Waals surface area contributed by atoms with E-state index in [0.29, 0.717) is 25.3 Å². The Kier molecular flexibility index (Phi) is 5.52. The van der Waals surface area contributed by atoms with Crippen molar-refractivity contribution in [3.05, 3.63) is 24.3 Å². The molecule has 0 atom stereocenters. The molecule has 2 N–H and O–H groups in total. The van der Waals surface area contributed by atoms with E-state index in [4.69, 9.17) is 0 Å². The number of aromatic nitrogens is 2. The van der Waals surface area contributed by atoms with E-state index < -0.39 is 0 Å². The first-order chi connectivity index (χ1) is 10.8. The molecule has 2 rings (SSSR count). The predicted molar refractivity (Wildman–Crippen MR) is 86.9 cm³/mol. The first kappa shape index (κ1) is 17.2. The molecule has 0 unspecified atom stereocenters. The van der Waals surface area contributed by atoms with Crippen LogP contribution in [0.2, 0.25) is 0 Å². The van der Waals surface area contributed by atoms with Crippen LogP contribution in [0.1, 0.15) is 44.1 Å². The molecule has 1 fully saturated rings. The van der Waals surface area contributed by atoms with Crippen molar-refractivity contribution < 1.29 is 9.59 Å². The second-order valence-corrected chi connectivity index (χ2v) is 7.04. The van der Waals surface area contributed by atoms with Crippen LogP contribution in [0.4, 0.5) is 4.79 Å². The lowest BCUT2D eigenvalue weighted by Crippen LogP contribution is -2.50. The van der Waals surface area contributed by atoms with Crippen molar-refractivity contribution in [2.24, 2.45) is 5.41 Å². The highest BCUT2D eigenvalue weighted by Gasteiger charge is 2.25. The van der Waals surface area contributed by atoms with Gasteiger partial charge in [0, 0.05) is 38.1 Å². The zero-order valence-corrected chi connectivity index (χ0v) is 14.0. The van der Waals surface area contributed by atoms with E-state index in [9.17, 15) is 9.59 Å². The molecule has 1 aliphatic heterocycles. The van der Waals surface area contributed by atoms with Gasteiger partial charge in [0.15, 0.2) is 0 Å². The van der Waals surface area contributed by atoms with Crippen LogP contribution in [0.15, 0.2) is 18.6 Å². The van der Waals surface area contributed by atoms with Gasteiger partial charge in [0.05, 0.1) is 6.20 Å². The molecule has 0 aliphatic carbocycles. The van der Waals surface area contributed by atoms with E-state index in [0.717, 1.165) is 12.8 Å². The standard InChI is InChI=1S/C16H25N5O2/c1-16(2,3)11-19-15(23)20-12-4-8-21(9-5-12)14(22)13-10-17-6-7-18-13/h6-7,10,12H,4-5,8-9,11H2,1-3H3,(H2,19,20,23). The molecule has 0 saturated carbocycles. The van der Waals surface area contributed by atoms with Crippen LogP contribution in [0, 0.1) is 5.41 Å². The predicted octanol–water partition coefficient (Wildman–Crippen LogP) is 1.43. The third-order valence-electron chi connectivity index (χ3n) is 3.68. The lowest BCUT2D eigenvalue weighted by molar-refractivity contribution is 0.0701. The topological polar surface area (TPSA) is 87.2 Å². The van der Waals surface area contributed by atoms with Crippen LogP contribution in [-0.2, 0) is 0 Å². The Bertz CT molecular complexity index is 533. The second kappa shape index (κ2) is 7.39. The Morgan fingerprint density at radius 1 is 1.26 bits per heavy atom. The van der Waals surface area contributed by atoms with Gasteiger partial charge in [-0.1, -0.05) is 20.8 Å². The molecule has 0 aromatic carbocycles. The Hall–Kier alpha value is -2.18. The Labute approximate surface area is 136 Å². The molecule has 23 heavy (non-hydrogen) atoms. The average Bonchev–Trinajstić information content (AvgIpc) is 2.53. The summed E-state index contributed by atoms with van der Waals surface area (Å²) in [6.07, 6.45) is 6.03. The third kappa shape index (κ3) is 5.50. The molecule has 0 bridgehead atoms. The molecule has 0 spiro atoms. The number of piperidine rings is 1. The number of carbonyl (C=O) groups is 2. The fourth-order valence-corrected chi connectivity index (χ4v) is 2.38. The maximum absolute atomic E-state index is 12.3. The summed E-state index contributed by atoms with van der Waals surface area (Å²) in [5.74, 6) is -0.103. The summed E-state index contributed by atoms with van der Waals surface area (Å²) in [5.41, 5.74) is 0.422. The summed E-state index contributed by atoms with van der Waals surface area (Å²) in [4.78, 5) is 33.9. The minimum Gasteiger partial charge on any atom is -0.338 e. The van der Waals surface area contributed by atoms with Crippen molar-refractivity contribution in [2.75, 3.05) is 19.6 Å². The van der Waals surface area contributed by atoms with Crippen molar-refractivity contribution in [1.82, 2.24) is 25.5 Å².